The molecule has 1 aliphatic heterocycles. The fourth-order valence-corrected chi connectivity index (χ4v) is 2.69. The highest BCUT2D eigenvalue weighted by atomic mass is 16.5. The minimum Gasteiger partial charge on any atom is -0.303 e. The van der Waals surface area contributed by atoms with Crippen LogP contribution >= 0.6 is 0 Å². The zero-order valence-electron chi connectivity index (χ0n) is 11.5. The first-order chi connectivity index (χ1) is 9.22. The summed E-state index contributed by atoms with van der Waals surface area (Å²) in [7, 11) is 0. The van der Waals surface area contributed by atoms with Gasteiger partial charge in [-0.2, -0.15) is 0 Å². The van der Waals surface area contributed by atoms with E-state index in [1.807, 2.05) is 30.3 Å². The number of para-hydroxylation sites is 1. The van der Waals surface area contributed by atoms with Crippen LogP contribution < -0.4 is 5.06 Å². The molecular weight excluding hydrogens is 240 g/mol. The van der Waals surface area contributed by atoms with E-state index in [1.54, 1.807) is 0 Å². The van der Waals surface area contributed by atoms with E-state index in [9.17, 15) is 10.0 Å². The number of benzene rings is 1. The van der Waals surface area contributed by atoms with Gasteiger partial charge in [-0.05, 0) is 37.9 Å². The van der Waals surface area contributed by atoms with E-state index in [2.05, 4.69) is 11.8 Å². The second-order valence-corrected chi connectivity index (χ2v) is 5.21. The van der Waals surface area contributed by atoms with Crippen LogP contribution in [0.5, 0.6) is 0 Å². The largest absolute Gasteiger partial charge is 0.303 e. The van der Waals surface area contributed by atoms with Crippen molar-refractivity contribution in [3.63, 3.8) is 0 Å². The van der Waals surface area contributed by atoms with Crippen LogP contribution in [0.1, 0.15) is 26.2 Å². The Labute approximate surface area is 114 Å². The lowest BCUT2D eigenvalue weighted by Gasteiger charge is -2.43. The van der Waals surface area contributed by atoms with Crippen LogP contribution in [0.25, 0.3) is 0 Å². The van der Waals surface area contributed by atoms with Gasteiger partial charge in [0, 0.05) is 13.1 Å². The van der Waals surface area contributed by atoms with Crippen LogP contribution in [0.3, 0.4) is 0 Å². The van der Waals surface area contributed by atoms with Crippen LogP contribution in [0.15, 0.2) is 30.3 Å². The third kappa shape index (κ3) is 2.96. The fourth-order valence-electron chi connectivity index (χ4n) is 2.69. The molecule has 1 aromatic carbocycles. The van der Waals surface area contributed by atoms with Crippen molar-refractivity contribution < 1.29 is 10.0 Å². The average molecular weight is 262 g/mol. The predicted octanol–water partition coefficient (Wildman–Crippen LogP) is 2.33. The highest BCUT2D eigenvalue weighted by Crippen LogP contribution is 2.30. The lowest BCUT2D eigenvalue weighted by atomic mass is 9.88. The molecule has 4 nitrogen and oxygen atoms in total. The van der Waals surface area contributed by atoms with Gasteiger partial charge in [0.05, 0.1) is 5.69 Å². The quantitative estimate of drug-likeness (QED) is 0.653. The second kappa shape index (κ2) is 6.17. The standard InChI is InChI=1S/C15H22N2O2/c1-2-10-16-11-8-15(13-18,9-12-16)17(19)14-6-4-3-5-7-14/h3-7,13,19H,2,8-12H2,1H3. The molecule has 4 heteroatoms. The predicted molar refractivity (Wildman–Crippen MR) is 75.5 cm³/mol. The molecule has 0 saturated carbocycles. The van der Waals surface area contributed by atoms with Crippen molar-refractivity contribution in [2.45, 2.75) is 31.7 Å². The second-order valence-electron chi connectivity index (χ2n) is 5.21. The van der Waals surface area contributed by atoms with Gasteiger partial charge in [0.1, 0.15) is 11.8 Å². The summed E-state index contributed by atoms with van der Waals surface area (Å²) in [6.07, 6.45) is 3.36. The number of nitrogens with zero attached hydrogens (tertiary/aromatic N) is 2. The Balaban J connectivity index is 2.10. The monoisotopic (exact) mass is 262 g/mol. The number of carbonyl (C=O) groups excluding carboxylic acids is 1. The summed E-state index contributed by atoms with van der Waals surface area (Å²) in [4.78, 5) is 13.9. The van der Waals surface area contributed by atoms with E-state index in [0.29, 0.717) is 18.5 Å². The third-order valence-corrected chi connectivity index (χ3v) is 3.90. The van der Waals surface area contributed by atoms with Crippen LogP contribution in [0.4, 0.5) is 5.69 Å². The normalized spacial score (nSPS) is 19.1. The summed E-state index contributed by atoms with van der Waals surface area (Å²) in [6, 6.07) is 9.27. The Kier molecular flexibility index (Phi) is 4.56. The minimum absolute atomic E-state index is 0.669. The van der Waals surface area contributed by atoms with E-state index >= 15 is 0 Å². The maximum Gasteiger partial charge on any atom is 0.148 e. The van der Waals surface area contributed by atoms with Crippen molar-refractivity contribution >= 4 is 12.0 Å². The van der Waals surface area contributed by atoms with Gasteiger partial charge in [-0.25, -0.2) is 5.06 Å². The highest BCUT2D eigenvalue weighted by Gasteiger charge is 2.39. The summed E-state index contributed by atoms with van der Waals surface area (Å²) in [6.45, 7) is 4.93. The molecule has 1 aromatic rings. The van der Waals surface area contributed by atoms with Gasteiger partial charge in [0.15, 0.2) is 0 Å². The zero-order valence-corrected chi connectivity index (χ0v) is 11.5. The topological polar surface area (TPSA) is 43.8 Å². The smallest absolute Gasteiger partial charge is 0.148 e. The maximum absolute atomic E-state index is 11.5. The number of likely N-dealkylation sites (tertiary alicyclic amines) is 1. The number of hydrogen-bond donors (Lipinski definition) is 1. The van der Waals surface area contributed by atoms with Crippen molar-refractivity contribution in [1.82, 2.24) is 4.90 Å². The van der Waals surface area contributed by atoms with Crippen LogP contribution in [-0.4, -0.2) is 41.6 Å². The molecule has 0 atom stereocenters. The molecule has 0 radical (unpaired) electrons. The number of hydroxylamine groups is 1. The first-order valence-electron chi connectivity index (χ1n) is 6.95. The van der Waals surface area contributed by atoms with Crippen LogP contribution in [-0.2, 0) is 4.79 Å². The van der Waals surface area contributed by atoms with Gasteiger partial charge in [-0.15, -0.1) is 0 Å². The van der Waals surface area contributed by atoms with Gasteiger partial charge in [-0.1, -0.05) is 25.1 Å². The van der Waals surface area contributed by atoms with E-state index < -0.39 is 5.54 Å². The van der Waals surface area contributed by atoms with Gasteiger partial charge in [-0.3, -0.25) is 5.21 Å². The fraction of sp³-hybridized carbons (Fsp3) is 0.533. The molecule has 0 spiro atoms. The van der Waals surface area contributed by atoms with E-state index in [1.165, 1.54) is 0 Å². The molecule has 1 N–H and O–H groups in total. The summed E-state index contributed by atoms with van der Waals surface area (Å²) in [5, 5.41) is 11.6. The molecule has 0 bridgehead atoms. The molecule has 0 aliphatic carbocycles. The molecular formula is C15H22N2O2. The van der Waals surface area contributed by atoms with Crippen LogP contribution in [0.2, 0.25) is 0 Å². The number of hydrogen-bond acceptors (Lipinski definition) is 4. The third-order valence-electron chi connectivity index (χ3n) is 3.90. The molecule has 1 heterocycles. The van der Waals surface area contributed by atoms with Crippen molar-refractivity contribution in [3.05, 3.63) is 30.3 Å². The Morgan fingerprint density at radius 3 is 2.47 bits per heavy atom. The molecule has 1 fully saturated rings. The summed E-state index contributed by atoms with van der Waals surface area (Å²) < 4.78 is 0. The molecule has 1 aliphatic rings. The number of carbonyl (C=O) groups is 1. The molecule has 0 amide bonds. The molecule has 2 rings (SSSR count). The summed E-state index contributed by atoms with van der Waals surface area (Å²) in [5.74, 6) is 0. The van der Waals surface area contributed by atoms with E-state index in [0.717, 1.165) is 37.4 Å². The number of aldehydes is 1. The minimum atomic E-state index is -0.772. The van der Waals surface area contributed by atoms with E-state index in [4.69, 9.17) is 0 Å². The van der Waals surface area contributed by atoms with Gasteiger partial charge in [0.25, 0.3) is 0 Å². The van der Waals surface area contributed by atoms with Crippen LogP contribution in [0, 0.1) is 0 Å². The number of piperidine rings is 1. The highest BCUT2D eigenvalue weighted by molar-refractivity contribution is 5.71. The maximum atomic E-state index is 11.5. The van der Waals surface area contributed by atoms with Crippen molar-refractivity contribution in [1.29, 1.82) is 0 Å². The molecule has 104 valence electrons. The van der Waals surface area contributed by atoms with Gasteiger partial charge < -0.3 is 9.69 Å². The van der Waals surface area contributed by atoms with Crippen molar-refractivity contribution in [2.24, 2.45) is 0 Å². The molecule has 19 heavy (non-hydrogen) atoms. The number of rotatable bonds is 5. The Morgan fingerprint density at radius 2 is 1.95 bits per heavy atom. The van der Waals surface area contributed by atoms with E-state index in [-0.39, 0.29) is 0 Å². The molecule has 0 aromatic heterocycles. The zero-order chi connectivity index (χ0) is 13.7. The lowest BCUT2D eigenvalue weighted by molar-refractivity contribution is -0.116. The first-order valence-corrected chi connectivity index (χ1v) is 6.95. The average Bonchev–Trinajstić information content (AvgIpc) is 2.49. The SMILES string of the molecule is CCCN1CCC(C=O)(N(O)c2ccccc2)CC1. The Hall–Kier alpha value is -1.39. The Morgan fingerprint density at radius 1 is 1.32 bits per heavy atom. The first kappa shape index (κ1) is 14.0. The molecule has 0 unspecified atom stereocenters. The lowest BCUT2D eigenvalue weighted by Crippen LogP contribution is -2.55. The number of anilines is 1. The Bertz CT molecular complexity index is 400. The van der Waals surface area contributed by atoms with Gasteiger partial charge >= 0.3 is 0 Å². The van der Waals surface area contributed by atoms with Gasteiger partial charge in [0.2, 0.25) is 0 Å². The summed E-state index contributed by atoms with van der Waals surface area (Å²) in [5.41, 5.74) is -0.0930. The summed E-state index contributed by atoms with van der Waals surface area (Å²) >= 11 is 0. The van der Waals surface area contributed by atoms with Crippen molar-refractivity contribution in [2.75, 3.05) is 24.7 Å². The molecule has 1 saturated heterocycles. The van der Waals surface area contributed by atoms with Crippen molar-refractivity contribution in [3.8, 4) is 0 Å².